The molecule has 92 valence electrons. The van der Waals surface area contributed by atoms with Crippen LogP contribution in [0.5, 0.6) is 0 Å². The van der Waals surface area contributed by atoms with Crippen molar-refractivity contribution in [2.45, 2.75) is 6.54 Å². The molecule has 2 rings (SSSR count). The van der Waals surface area contributed by atoms with Crippen molar-refractivity contribution in [3.8, 4) is 6.07 Å². The highest BCUT2D eigenvalue weighted by atomic mass is 35.5. The fourth-order valence-electron chi connectivity index (χ4n) is 1.38. The van der Waals surface area contributed by atoms with Gasteiger partial charge in [0.2, 0.25) is 5.76 Å². The SMILES string of the molecule is N#Cc1ccc(CNc2cc(Cl)c(F)c(Cl)c2)o1. The Bertz CT molecular complexity index is 596. The lowest BCUT2D eigenvalue weighted by atomic mass is 10.3. The first-order chi connectivity index (χ1) is 8.60. The van der Waals surface area contributed by atoms with Gasteiger partial charge in [-0.2, -0.15) is 5.26 Å². The molecule has 3 nitrogen and oxygen atoms in total. The van der Waals surface area contributed by atoms with Crippen molar-refractivity contribution < 1.29 is 8.81 Å². The molecule has 0 atom stereocenters. The third kappa shape index (κ3) is 2.76. The zero-order valence-electron chi connectivity index (χ0n) is 9.01. The summed E-state index contributed by atoms with van der Waals surface area (Å²) >= 11 is 11.3. The second-order valence-corrected chi connectivity index (χ2v) is 4.30. The molecule has 1 aromatic carbocycles. The van der Waals surface area contributed by atoms with E-state index in [1.165, 1.54) is 12.1 Å². The summed E-state index contributed by atoms with van der Waals surface area (Å²) in [5.41, 5.74) is 0.571. The lowest BCUT2D eigenvalue weighted by Crippen LogP contribution is -1.98. The van der Waals surface area contributed by atoms with E-state index < -0.39 is 5.82 Å². The summed E-state index contributed by atoms with van der Waals surface area (Å²) in [7, 11) is 0. The molecule has 0 spiro atoms. The molecule has 6 heteroatoms. The topological polar surface area (TPSA) is 49.0 Å². The molecule has 0 unspecified atom stereocenters. The minimum Gasteiger partial charge on any atom is -0.449 e. The van der Waals surface area contributed by atoms with Crippen LogP contribution in [0.2, 0.25) is 10.0 Å². The van der Waals surface area contributed by atoms with E-state index >= 15 is 0 Å². The molecule has 0 saturated heterocycles. The van der Waals surface area contributed by atoms with E-state index in [2.05, 4.69) is 5.32 Å². The average molecular weight is 285 g/mol. The number of furan rings is 1. The fourth-order valence-corrected chi connectivity index (χ4v) is 1.87. The molecule has 1 aromatic heterocycles. The number of nitrogens with zero attached hydrogens (tertiary/aromatic N) is 1. The Kier molecular flexibility index (Phi) is 3.75. The van der Waals surface area contributed by atoms with Crippen LogP contribution in [0.3, 0.4) is 0 Å². The molecular formula is C12H7Cl2FN2O. The van der Waals surface area contributed by atoms with E-state index in [4.69, 9.17) is 32.9 Å². The van der Waals surface area contributed by atoms with Crippen molar-refractivity contribution in [3.63, 3.8) is 0 Å². The van der Waals surface area contributed by atoms with Gasteiger partial charge < -0.3 is 9.73 Å². The Labute approximate surface area is 113 Å². The van der Waals surface area contributed by atoms with E-state index in [1.54, 1.807) is 12.1 Å². The van der Waals surface area contributed by atoms with Crippen molar-refractivity contribution >= 4 is 28.9 Å². The van der Waals surface area contributed by atoms with Crippen molar-refractivity contribution in [1.29, 1.82) is 5.26 Å². The number of nitrogens with one attached hydrogen (secondary N) is 1. The van der Waals surface area contributed by atoms with Crippen LogP contribution >= 0.6 is 23.2 Å². The second-order valence-electron chi connectivity index (χ2n) is 3.49. The normalized spacial score (nSPS) is 10.1. The Hall–Kier alpha value is -1.70. The molecule has 18 heavy (non-hydrogen) atoms. The van der Waals surface area contributed by atoms with Crippen molar-refractivity contribution in [2.75, 3.05) is 5.32 Å². The number of nitriles is 1. The molecular weight excluding hydrogens is 278 g/mol. The maximum Gasteiger partial charge on any atom is 0.203 e. The van der Waals surface area contributed by atoms with Gasteiger partial charge in [0.15, 0.2) is 5.82 Å². The van der Waals surface area contributed by atoms with Crippen LogP contribution in [0.25, 0.3) is 0 Å². The summed E-state index contributed by atoms with van der Waals surface area (Å²) in [5, 5.41) is 11.5. The Balaban J connectivity index is 2.09. The van der Waals surface area contributed by atoms with Gasteiger partial charge in [-0.15, -0.1) is 0 Å². The minimum absolute atomic E-state index is 0.0536. The largest absolute Gasteiger partial charge is 0.449 e. The first-order valence-corrected chi connectivity index (χ1v) is 5.73. The molecule has 1 N–H and O–H groups in total. The maximum absolute atomic E-state index is 13.2. The summed E-state index contributed by atoms with van der Waals surface area (Å²) in [5.74, 6) is 0.179. The quantitative estimate of drug-likeness (QED) is 0.859. The van der Waals surface area contributed by atoms with Gasteiger partial charge in [-0.25, -0.2) is 4.39 Å². The lowest BCUT2D eigenvalue weighted by molar-refractivity contribution is 0.506. The summed E-state index contributed by atoms with van der Waals surface area (Å²) in [4.78, 5) is 0. The predicted octanol–water partition coefficient (Wildman–Crippen LogP) is 4.21. The molecule has 1 heterocycles. The van der Waals surface area contributed by atoms with Crippen LogP contribution in [0.1, 0.15) is 11.5 Å². The van der Waals surface area contributed by atoms with Gasteiger partial charge in [0, 0.05) is 5.69 Å². The van der Waals surface area contributed by atoms with Gasteiger partial charge in [0.1, 0.15) is 11.8 Å². The van der Waals surface area contributed by atoms with E-state index in [0.717, 1.165) is 0 Å². The third-order valence-corrected chi connectivity index (χ3v) is 2.77. The van der Waals surface area contributed by atoms with Crippen LogP contribution in [0.15, 0.2) is 28.7 Å². The number of anilines is 1. The number of rotatable bonds is 3. The molecule has 0 aliphatic heterocycles. The monoisotopic (exact) mass is 284 g/mol. The molecule has 0 aliphatic rings. The summed E-state index contributed by atoms with van der Waals surface area (Å²) in [6, 6.07) is 7.99. The Morgan fingerprint density at radius 3 is 2.50 bits per heavy atom. The Morgan fingerprint density at radius 2 is 1.94 bits per heavy atom. The first-order valence-electron chi connectivity index (χ1n) is 4.97. The number of halogens is 3. The summed E-state index contributed by atoms with van der Waals surface area (Å²) in [6.45, 7) is 0.347. The zero-order valence-corrected chi connectivity index (χ0v) is 10.5. The molecule has 0 saturated carbocycles. The fraction of sp³-hybridized carbons (Fsp3) is 0.0833. The average Bonchev–Trinajstić information content (AvgIpc) is 2.81. The van der Waals surface area contributed by atoms with Crippen LogP contribution in [0.4, 0.5) is 10.1 Å². The van der Waals surface area contributed by atoms with Crippen LogP contribution in [-0.4, -0.2) is 0 Å². The number of hydrogen-bond donors (Lipinski definition) is 1. The van der Waals surface area contributed by atoms with Gasteiger partial charge in [0.05, 0.1) is 16.6 Å². The number of hydrogen-bond acceptors (Lipinski definition) is 3. The lowest BCUT2D eigenvalue weighted by Gasteiger charge is -2.06. The molecule has 0 fully saturated rings. The van der Waals surface area contributed by atoms with Gasteiger partial charge in [-0.3, -0.25) is 0 Å². The second kappa shape index (κ2) is 5.30. The van der Waals surface area contributed by atoms with E-state index in [0.29, 0.717) is 18.0 Å². The maximum atomic E-state index is 13.2. The highest BCUT2D eigenvalue weighted by Crippen LogP contribution is 2.27. The van der Waals surface area contributed by atoms with Crippen molar-refractivity contribution in [1.82, 2.24) is 0 Å². The Morgan fingerprint density at radius 1 is 1.28 bits per heavy atom. The minimum atomic E-state index is -0.645. The molecule has 2 aromatic rings. The van der Waals surface area contributed by atoms with Gasteiger partial charge in [-0.05, 0) is 24.3 Å². The first kappa shape index (κ1) is 12.7. The molecule has 0 aliphatic carbocycles. The predicted molar refractivity (Wildman–Crippen MR) is 67.2 cm³/mol. The number of benzene rings is 1. The highest BCUT2D eigenvalue weighted by Gasteiger charge is 2.08. The summed E-state index contributed by atoms with van der Waals surface area (Å²) < 4.78 is 18.4. The van der Waals surface area contributed by atoms with Gasteiger partial charge in [-0.1, -0.05) is 23.2 Å². The van der Waals surface area contributed by atoms with Crippen LogP contribution in [-0.2, 0) is 6.54 Å². The molecule has 0 bridgehead atoms. The molecule has 0 amide bonds. The van der Waals surface area contributed by atoms with E-state index in [1.807, 2.05) is 6.07 Å². The zero-order chi connectivity index (χ0) is 13.1. The summed E-state index contributed by atoms with van der Waals surface area (Å²) in [6.07, 6.45) is 0. The van der Waals surface area contributed by atoms with Gasteiger partial charge >= 0.3 is 0 Å². The van der Waals surface area contributed by atoms with Crippen molar-refractivity contribution in [2.24, 2.45) is 0 Å². The van der Waals surface area contributed by atoms with Crippen molar-refractivity contribution in [3.05, 3.63) is 51.6 Å². The smallest absolute Gasteiger partial charge is 0.203 e. The molecule has 0 radical (unpaired) electrons. The highest BCUT2D eigenvalue weighted by molar-refractivity contribution is 6.35. The van der Waals surface area contributed by atoms with E-state index in [-0.39, 0.29) is 15.8 Å². The van der Waals surface area contributed by atoms with Crippen LogP contribution in [0, 0.1) is 17.1 Å². The standard InChI is InChI=1S/C12H7Cl2FN2O/c13-10-3-7(4-11(14)12(10)15)17-6-9-2-1-8(5-16)18-9/h1-4,17H,6H2. The third-order valence-electron chi connectivity index (χ3n) is 2.22. The van der Waals surface area contributed by atoms with E-state index in [9.17, 15) is 4.39 Å². The van der Waals surface area contributed by atoms with Crippen LogP contribution < -0.4 is 5.32 Å². The van der Waals surface area contributed by atoms with Gasteiger partial charge in [0.25, 0.3) is 0 Å².